The highest BCUT2D eigenvalue weighted by Gasteiger charge is 2.22. The van der Waals surface area contributed by atoms with Gasteiger partial charge in [-0.05, 0) is 28.7 Å². The smallest absolute Gasteiger partial charge is 0.204 e. The first-order valence-corrected chi connectivity index (χ1v) is 5.81. The zero-order valence-corrected chi connectivity index (χ0v) is 11.9. The van der Waals surface area contributed by atoms with Crippen molar-refractivity contribution in [3.8, 4) is 17.2 Å². The summed E-state index contributed by atoms with van der Waals surface area (Å²) in [5.74, 6) is 0.841. The van der Waals surface area contributed by atoms with Gasteiger partial charge in [-0.25, -0.2) is 0 Å². The summed E-state index contributed by atoms with van der Waals surface area (Å²) in [5, 5.41) is 8.90. The summed E-state index contributed by atoms with van der Waals surface area (Å²) >= 11 is 1.97. The van der Waals surface area contributed by atoms with E-state index < -0.39 is 12.4 Å². The zero-order valence-electron chi connectivity index (χ0n) is 9.74. The molecule has 6 heteroatoms. The van der Waals surface area contributed by atoms with E-state index in [-0.39, 0.29) is 0 Å². The molecule has 0 heterocycles. The fraction of sp³-hybridized carbons (Fsp3) is 0.364. The van der Waals surface area contributed by atoms with Gasteiger partial charge in [0.2, 0.25) is 5.75 Å². The number of aliphatic hydroxyl groups is 1. The molecule has 94 valence electrons. The van der Waals surface area contributed by atoms with Crippen LogP contribution in [-0.4, -0.2) is 38.8 Å². The number of carbonyl (C=O) groups excluding carboxylic acids is 1. The molecule has 0 bridgehead atoms. The molecule has 5 nitrogen and oxygen atoms in total. The Labute approximate surface area is 113 Å². The molecule has 1 aromatic carbocycles. The number of ketones is 1. The van der Waals surface area contributed by atoms with Crippen molar-refractivity contribution < 1.29 is 24.1 Å². The molecule has 0 amide bonds. The van der Waals surface area contributed by atoms with Crippen LogP contribution in [0.3, 0.4) is 0 Å². The number of ether oxygens (including phenoxy) is 3. The zero-order chi connectivity index (χ0) is 13.0. The molecule has 0 aromatic heterocycles. The second-order valence-corrected chi connectivity index (χ2v) is 4.17. The van der Waals surface area contributed by atoms with Crippen LogP contribution in [0.2, 0.25) is 0 Å². The quantitative estimate of drug-likeness (QED) is 0.643. The van der Waals surface area contributed by atoms with Crippen LogP contribution in [-0.2, 0) is 0 Å². The van der Waals surface area contributed by atoms with Crippen LogP contribution >= 0.6 is 22.6 Å². The van der Waals surface area contributed by atoms with E-state index in [1.165, 1.54) is 27.4 Å². The van der Waals surface area contributed by atoms with Crippen molar-refractivity contribution in [3.05, 3.63) is 15.2 Å². The second-order valence-electron chi connectivity index (χ2n) is 3.09. The van der Waals surface area contributed by atoms with Crippen LogP contribution in [0.25, 0.3) is 0 Å². The number of carbonyl (C=O) groups is 1. The molecule has 1 aromatic rings. The van der Waals surface area contributed by atoms with E-state index >= 15 is 0 Å². The standard InChI is InChI=1S/C11H13IO5/c1-15-8-4-6(7(14)5-13)9(12)11(17-3)10(8)16-2/h4,13H,5H2,1-3H3. The predicted molar refractivity (Wildman–Crippen MR) is 70.2 cm³/mol. The molecule has 0 aliphatic heterocycles. The third-order valence-corrected chi connectivity index (χ3v) is 3.28. The van der Waals surface area contributed by atoms with Gasteiger partial charge in [0.05, 0.1) is 24.9 Å². The van der Waals surface area contributed by atoms with Crippen molar-refractivity contribution in [2.24, 2.45) is 0 Å². The van der Waals surface area contributed by atoms with Gasteiger partial charge in [-0.3, -0.25) is 4.79 Å². The van der Waals surface area contributed by atoms with Crippen molar-refractivity contribution >= 4 is 28.4 Å². The van der Waals surface area contributed by atoms with Crippen LogP contribution in [0.1, 0.15) is 10.4 Å². The maximum Gasteiger partial charge on any atom is 0.204 e. The van der Waals surface area contributed by atoms with E-state index in [4.69, 9.17) is 19.3 Å². The Hall–Kier alpha value is -1.02. The number of methoxy groups -OCH3 is 3. The summed E-state index contributed by atoms with van der Waals surface area (Å²) in [6, 6.07) is 1.53. The lowest BCUT2D eigenvalue weighted by Crippen LogP contribution is -2.09. The first kappa shape index (κ1) is 14.0. The molecule has 17 heavy (non-hydrogen) atoms. The molecular formula is C11H13IO5. The minimum Gasteiger partial charge on any atom is -0.493 e. The number of benzene rings is 1. The van der Waals surface area contributed by atoms with Crippen molar-refractivity contribution in [1.29, 1.82) is 0 Å². The van der Waals surface area contributed by atoms with Gasteiger partial charge < -0.3 is 19.3 Å². The number of hydrogen-bond acceptors (Lipinski definition) is 5. The van der Waals surface area contributed by atoms with Crippen molar-refractivity contribution in [1.82, 2.24) is 0 Å². The van der Waals surface area contributed by atoms with E-state index in [0.717, 1.165) is 0 Å². The van der Waals surface area contributed by atoms with Gasteiger partial charge >= 0.3 is 0 Å². The van der Waals surface area contributed by atoms with Crippen molar-refractivity contribution in [3.63, 3.8) is 0 Å². The molecule has 0 fully saturated rings. The monoisotopic (exact) mass is 352 g/mol. The molecule has 0 unspecified atom stereocenters. The third-order valence-electron chi connectivity index (χ3n) is 2.21. The van der Waals surface area contributed by atoms with E-state index in [2.05, 4.69) is 0 Å². The predicted octanol–water partition coefficient (Wildman–Crippen LogP) is 1.49. The number of Topliss-reactive ketones (excluding diaryl/α,β-unsaturated/α-hetero) is 1. The Balaban J connectivity index is 3.50. The largest absolute Gasteiger partial charge is 0.493 e. The van der Waals surface area contributed by atoms with E-state index in [1.807, 2.05) is 22.6 Å². The molecule has 1 rings (SSSR count). The molecule has 0 aliphatic carbocycles. The lowest BCUT2D eigenvalue weighted by molar-refractivity contribution is 0.0902. The van der Waals surface area contributed by atoms with Gasteiger partial charge in [0.15, 0.2) is 17.3 Å². The summed E-state index contributed by atoms with van der Waals surface area (Å²) in [7, 11) is 4.44. The number of rotatable bonds is 5. The summed E-state index contributed by atoms with van der Waals surface area (Å²) in [5.41, 5.74) is 0.350. The normalized spacial score (nSPS) is 9.94. The summed E-state index contributed by atoms with van der Waals surface area (Å²) < 4.78 is 16.1. The molecule has 0 aliphatic rings. The van der Waals surface area contributed by atoms with E-state index in [9.17, 15) is 4.79 Å². The molecule has 0 radical (unpaired) electrons. The maximum absolute atomic E-state index is 11.6. The van der Waals surface area contributed by atoms with Gasteiger partial charge in [0.25, 0.3) is 0 Å². The maximum atomic E-state index is 11.6. The number of halogens is 1. The first-order chi connectivity index (χ1) is 8.10. The SMILES string of the molecule is COc1cc(C(=O)CO)c(I)c(OC)c1OC. The van der Waals surface area contributed by atoms with Gasteiger partial charge in [-0.1, -0.05) is 0 Å². The van der Waals surface area contributed by atoms with Crippen LogP contribution in [0.15, 0.2) is 6.07 Å². The average Bonchev–Trinajstić information content (AvgIpc) is 2.36. The minimum atomic E-state index is -0.561. The summed E-state index contributed by atoms with van der Waals surface area (Å²) in [6.07, 6.45) is 0. The highest BCUT2D eigenvalue weighted by Crippen LogP contribution is 2.42. The molecule has 0 saturated carbocycles. The third kappa shape index (κ3) is 2.63. The molecule has 1 N–H and O–H groups in total. The highest BCUT2D eigenvalue weighted by atomic mass is 127. The molecular weight excluding hydrogens is 339 g/mol. The van der Waals surface area contributed by atoms with E-state index in [1.54, 1.807) is 0 Å². The van der Waals surface area contributed by atoms with Crippen molar-refractivity contribution in [2.45, 2.75) is 0 Å². The fourth-order valence-corrected chi connectivity index (χ4v) is 2.33. The van der Waals surface area contributed by atoms with Gasteiger partial charge in [-0.2, -0.15) is 0 Å². The lowest BCUT2D eigenvalue weighted by Gasteiger charge is -2.15. The molecule has 0 saturated heterocycles. The summed E-state index contributed by atoms with van der Waals surface area (Å²) in [4.78, 5) is 11.6. The van der Waals surface area contributed by atoms with Crippen molar-refractivity contribution in [2.75, 3.05) is 27.9 Å². The van der Waals surface area contributed by atoms with Crippen LogP contribution in [0.5, 0.6) is 17.2 Å². The van der Waals surface area contributed by atoms with Gasteiger partial charge in [0, 0.05) is 5.56 Å². The minimum absolute atomic E-state index is 0.350. The Morgan fingerprint density at radius 3 is 2.24 bits per heavy atom. The van der Waals surface area contributed by atoms with Gasteiger partial charge in [0.1, 0.15) is 6.61 Å². The van der Waals surface area contributed by atoms with Crippen LogP contribution < -0.4 is 14.2 Å². The van der Waals surface area contributed by atoms with Crippen LogP contribution in [0.4, 0.5) is 0 Å². The Kier molecular flexibility index (Phi) is 5.01. The Morgan fingerprint density at radius 2 is 1.82 bits per heavy atom. The highest BCUT2D eigenvalue weighted by molar-refractivity contribution is 14.1. The van der Waals surface area contributed by atoms with E-state index in [0.29, 0.717) is 26.4 Å². The Morgan fingerprint density at radius 1 is 1.24 bits per heavy atom. The summed E-state index contributed by atoms with van der Waals surface area (Å²) in [6.45, 7) is -0.561. The average molecular weight is 352 g/mol. The second kappa shape index (κ2) is 6.06. The first-order valence-electron chi connectivity index (χ1n) is 4.73. The lowest BCUT2D eigenvalue weighted by atomic mass is 10.1. The Bertz CT molecular complexity index is 430. The van der Waals surface area contributed by atoms with Gasteiger partial charge in [-0.15, -0.1) is 0 Å². The topological polar surface area (TPSA) is 65.0 Å². The number of hydrogen-bond donors (Lipinski definition) is 1. The fourth-order valence-electron chi connectivity index (χ4n) is 1.41. The molecule has 0 atom stereocenters. The molecule has 0 spiro atoms. The van der Waals surface area contributed by atoms with Crippen LogP contribution in [0, 0.1) is 3.57 Å². The number of aliphatic hydroxyl groups excluding tert-OH is 1.